The molecule has 1 heterocycles. The average molecular weight is 473 g/mol. The van der Waals surface area contributed by atoms with Crippen LogP contribution in [0.1, 0.15) is 21.5 Å². The van der Waals surface area contributed by atoms with E-state index in [-0.39, 0.29) is 17.6 Å². The van der Waals surface area contributed by atoms with Crippen molar-refractivity contribution >= 4 is 29.3 Å². The lowest BCUT2D eigenvalue weighted by molar-refractivity contribution is -0.113. The number of carbonyl (C=O) groups is 2. The molecule has 4 aromatic rings. The minimum atomic E-state index is -0.338. The fourth-order valence-corrected chi connectivity index (χ4v) is 4.19. The van der Waals surface area contributed by atoms with E-state index in [1.165, 1.54) is 4.68 Å². The Bertz CT molecular complexity index is 1300. The first kappa shape index (κ1) is 23.3. The third-order valence-electron chi connectivity index (χ3n) is 4.98. The molecule has 34 heavy (non-hydrogen) atoms. The third kappa shape index (κ3) is 5.52. The summed E-state index contributed by atoms with van der Waals surface area (Å²) in [5, 5.41) is 7.71. The number of nitrogens with zero attached hydrogens (tertiary/aromatic N) is 3. The summed E-state index contributed by atoms with van der Waals surface area (Å²) in [7, 11) is 1.57. The molecule has 8 heteroatoms. The van der Waals surface area contributed by atoms with Gasteiger partial charge in [0, 0.05) is 16.8 Å². The minimum Gasteiger partial charge on any atom is -0.497 e. The van der Waals surface area contributed by atoms with Crippen molar-refractivity contribution < 1.29 is 14.3 Å². The van der Waals surface area contributed by atoms with Gasteiger partial charge in [0.2, 0.25) is 5.91 Å². The number of aromatic nitrogens is 3. The van der Waals surface area contributed by atoms with Crippen molar-refractivity contribution in [2.45, 2.75) is 19.0 Å². The summed E-state index contributed by atoms with van der Waals surface area (Å²) in [5.41, 5.74) is 4.10. The Morgan fingerprint density at radius 2 is 1.65 bits per heavy atom. The molecule has 0 radical (unpaired) electrons. The van der Waals surface area contributed by atoms with Crippen LogP contribution in [0.15, 0.2) is 78.0 Å². The second-order valence-electron chi connectivity index (χ2n) is 7.74. The molecule has 0 saturated heterocycles. The van der Waals surface area contributed by atoms with Crippen LogP contribution in [0.25, 0.3) is 11.4 Å². The zero-order valence-electron chi connectivity index (χ0n) is 19.1. The van der Waals surface area contributed by atoms with Gasteiger partial charge in [-0.3, -0.25) is 9.59 Å². The predicted octanol–water partition coefficient (Wildman–Crippen LogP) is 4.99. The number of hydrogen-bond acceptors (Lipinski definition) is 6. The summed E-state index contributed by atoms with van der Waals surface area (Å²) in [5.74, 6) is 0.616. The molecule has 3 aromatic carbocycles. The Morgan fingerprint density at radius 3 is 2.29 bits per heavy atom. The zero-order chi connectivity index (χ0) is 24.1. The topological polar surface area (TPSA) is 86.1 Å². The number of rotatable bonds is 7. The molecule has 172 valence electrons. The summed E-state index contributed by atoms with van der Waals surface area (Å²) < 4.78 is 6.42. The highest BCUT2D eigenvalue weighted by Gasteiger charge is 2.20. The summed E-state index contributed by atoms with van der Waals surface area (Å²) in [6.45, 7) is 3.96. The van der Waals surface area contributed by atoms with Crippen LogP contribution < -0.4 is 10.1 Å². The quantitative estimate of drug-likeness (QED) is 0.382. The van der Waals surface area contributed by atoms with E-state index in [9.17, 15) is 9.59 Å². The molecule has 0 unspecified atom stereocenters. The minimum absolute atomic E-state index is 0.0792. The Balaban J connectivity index is 1.57. The van der Waals surface area contributed by atoms with Gasteiger partial charge in [0.05, 0.1) is 12.9 Å². The highest BCUT2D eigenvalue weighted by Crippen LogP contribution is 2.24. The SMILES string of the molecule is COc1ccc(C(=O)n2nc(-c3ccccc3)nc2SCC(=O)Nc2cc(C)cc(C)c2)cc1. The maximum atomic E-state index is 13.2. The number of methoxy groups -OCH3 is 1. The monoisotopic (exact) mass is 472 g/mol. The van der Waals surface area contributed by atoms with Gasteiger partial charge < -0.3 is 10.1 Å². The summed E-state index contributed by atoms with van der Waals surface area (Å²) >= 11 is 1.16. The molecule has 0 bridgehead atoms. The van der Waals surface area contributed by atoms with E-state index in [2.05, 4.69) is 15.4 Å². The van der Waals surface area contributed by atoms with Gasteiger partial charge in [0.15, 0.2) is 11.0 Å². The van der Waals surface area contributed by atoms with Crippen molar-refractivity contribution in [1.29, 1.82) is 0 Å². The van der Waals surface area contributed by atoms with Gasteiger partial charge in [0.1, 0.15) is 5.75 Å². The van der Waals surface area contributed by atoms with Crippen molar-refractivity contribution in [1.82, 2.24) is 14.8 Å². The first-order chi connectivity index (χ1) is 16.4. The number of carbonyl (C=O) groups excluding carboxylic acids is 2. The molecule has 0 atom stereocenters. The molecular weight excluding hydrogens is 448 g/mol. The van der Waals surface area contributed by atoms with E-state index in [0.717, 1.165) is 34.1 Å². The van der Waals surface area contributed by atoms with Gasteiger partial charge in [-0.1, -0.05) is 48.2 Å². The van der Waals surface area contributed by atoms with Crippen LogP contribution in [0.4, 0.5) is 5.69 Å². The number of aryl methyl sites for hydroxylation is 2. The van der Waals surface area contributed by atoms with E-state index >= 15 is 0 Å². The van der Waals surface area contributed by atoms with Gasteiger partial charge in [-0.25, -0.2) is 4.98 Å². The molecule has 0 aliphatic heterocycles. The molecule has 4 rings (SSSR count). The molecule has 0 aliphatic rings. The lowest BCUT2D eigenvalue weighted by Gasteiger charge is -2.08. The third-order valence-corrected chi connectivity index (χ3v) is 5.91. The van der Waals surface area contributed by atoms with Crippen LogP contribution in [0.2, 0.25) is 0 Å². The Hall–Kier alpha value is -3.91. The number of benzene rings is 3. The van der Waals surface area contributed by atoms with Crippen LogP contribution in [0.3, 0.4) is 0 Å². The summed E-state index contributed by atoms with van der Waals surface area (Å²) in [6, 6.07) is 22.1. The summed E-state index contributed by atoms with van der Waals surface area (Å²) in [4.78, 5) is 30.4. The molecule has 1 amide bonds. The van der Waals surface area contributed by atoms with Crippen LogP contribution >= 0.6 is 11.8 Å². The van der Waals surface area contributed by atoms with E-state index in [0.29, 0.717) is 22.3 Å². The van der Waals surface area contributed by atoms with Crippen molar-refractivity contribution in [3.63, 3.8) is 0 Å². The molecule has 0 spiro atoms. The maximum Gasteiger partial charge on any atom is 0.280 e. The first-order valence-electron chi connectivity index (χ1n) is 10.6. The zero-order valence-corrected chi connectivity index (χ0v) is 19.9. The fraction of sp³-hybridized carbons (Fsp3) is 0.154. The molecule has 0 saturated carbocycles. The molecule has 0 aliphatic carbocycles. The van der Waals surface area contributed by atoms with Gasteiger partial charge >= 0.3 is 0 Å². The van der Waals surface area contributed by atoms with Crippen LogP contribution in [0, 0.1) is 13.8 Å². The van der Waals surface area contributed by atoms with E-state index < -0.39 is 0 Å². The highest BCUT2D eigenvalue weighted by molar-refractivity contribution is 7.99. The van der Waals surface area contributed by atoms with E-state index in [1.54, 1.807) is 31.4 Å². The van der Waals surface area contributed by atoms with Gasteiger partial charge in [-0.2, -0.15) is 4.68 Å². The number of amides is 1. The second kappa shape index (κ2) is 10.4. The number of thioether (sulfide) groups is 1. The second-order valence-corrected chi connectivity index (χ2v) is 8.69. The number of ether oxygens (including phenoxy) is 1. The van der Waals surface area contributed by atoms with Crippen molar-refractivity contribution in [2.75, 3.05) is 18.2 Å². The smallest absolute Gasteiger partial charge is 0.280 e. The van der Waals surface area contributed by atoms with Crippen molar-refractivity contribution in [3.05, 3.63) is 89.5 Å². The average Bonchev–Trinajstić information content (AvgIpc) is 3.26. The predicted molar refractivity (Wildman–Crippen MR) is 133 cm³/mol. The molecule has 1 N–H and O–H groups in total. The Kier molecular flexibility index (Phi) is 7.08. The Morgan fingerprint density at radius 1 is 0.971 bits per heavy atom. The number of hydrogen-bond donors (Lipinski definition) is 1. The van der Waals surface area contributed by atoms with Gasteiger partial charge in [-0.05, 0) is 61.4 Å². The highest BCUT2D eigenvalue weighted by atomic mass is 32.2. The van der Waals surface area contributed by atoms with Crippen molar-refractivity contribution in [3.8, 4) is 17.1 Å². The maximum absolute atomic E-state index is 13.2. The van der Waals surface area contributed by atoms with Crippen LogP contribution in [0.5, 0.6) is 5.75 Å². The lowest BCUT2D eigenvalue weighted by Crippen LogP contribution is -2.17. The molecule has 1 aromatic heterocycles. The molecule has 7 nitrogen and oxygen atoms in total. The van der Waals surface area contributed by atoms with Crippen LogP contribution in [-0.4, -0.2) is 39.4 Å². The van der Waals surface area contributed by atoms with Crippen LogP contribution in [-0.2, 0) is 4.79 Å². The Labute approximate surface area is 202 Å². The number of anilines is 1. The molecular formula is C26H24N4O3S. The number of nitrogens with one attached hydrogen (secondary N) is 1. The van der Waals surface area contributed by atoms with Gasteiger partial charge in [-0.15, -0.1) is 5.10 Å². The fourth-order valence-electron chi connectivity index (χ4n) is 3.46. The standard InChI is InChI=1S/C26H24N4O3S/c1-17-13-18(2)15-21(14-17)27-23(31)16-34-26-28-24(19-7-5-4-6-8-19)29-30(26)25(32)20-9-11-22(33-3)12-10-20/h4-15H,16H2,1-3H3,(H,27,31). The van der Waals surface area contributed by atoms with E-state index in [4.69, 9.17) is 4.74 Å². The first-order valence-corrected chi connectivity index (χ1v) is 11.6. The van der Waals surface area contributed by atoms with Gasteiger partial charge in [0.25, 0.3) is 5.91 Å². The lowest BCUT2D eigenvalue weighted by atomic mass is 10.1. The summed E-state index contributed by atoms with van der Waals surface area (Å²) in [6.07, 6.45) is 0. The normalized spacial score (nSPS) is 10.7. The largest absolute Gasteiger partial charge is 0.497 e. The van der Waals surface area contributed by atoms with E-state index in [1.807, 2.05) is 62.4 Å². The molecule has 0 fully saturated rings. The van der Waals surface area contributed by atoms with Crippen molar-refractivity contribution in [2.24, 2.45) is 0 Å².